The van der Waals surface area contributed by atoms with E-state index >= 15 is 0 Å². The van der Waals surface area contributed by atoms with Gasteiger partial charge in [0.1, 0.15) is 11.8 Å². The molecule has 0 spiro atoms. The van der Waals surface area contributed by atoms with E-state index in [0.29, 0.717) is 16.5 Å². The third kappa shape index (κ3) is 2.94. The number of carbonyl (C=O) groups is 1. The van der Waals surface area contributed by atoms with Gasteiger partial charge in [-0.1, -0.05) is 24.3 Å². The number of carbonyl (C=O) groups excluding carboxylic acids is 1. The smallest absolute Gasteiger partial charge is 0.269 e. The van der Waals surface area contributed by atoms with E-state index in [9.17, 15) is 15.0 Å². The molecule has 0 aliphatic carbocycles. The molecule has 0 aliphatic rings. The van der Waals surface area contributed by atoms with Gasteiger partial charge in [0.15, 0.2) is 5.69 Å². The molecule has 2 aromatic carbocycles. The zero-order valence-corrected chi connectivity index (χ0v) is 12.4. The number of benzene rings is 2. The largest absolute Gasteiger partial charge is 0.507 e. The molecule has 3 aromatic rings. The third-order valence-electron chi connectivity index (χ3n) is 3.46. The number of amides is 1. The highest BCUT2D eigenvalue weighted by atomic mass is 16.3. The fraction of sp³-hybridized carbons (Fsp3) is 0.0588. The number of rotatable bonds is 3. The summed E-state index contributed by atoms with van der Waals surface area (Å²) < 4.78 is 0. The van der Waals surface area contributed by atoms with Crippen LogP contribution in [0.4, 0.5) is 5.69 Å². The van der Waals surface area contributed by atoms with Gasteiger partial charge in [-0.25, -0.2) is 0 Å². The van der Waals surface area contributed by atoms with Gasteiger partial charge in [0, 0.05) is 5.39 Å². The van der Waals surface area contributed by atoms with Gasteiger partial charge in [0.25, 0.3) is 5.91 Å². The summed E-state index contributed by atoms with van der Waals surface area (Å²) in [7, 11) is 0. The molecule has 0 fully saturated rings. The van der Waals surface area contributed by atoms with Crippen LogP contribution >= 0.6 is 0 Å². The summed E-state index contributed by atoms with van der Waals surface area (Å²) in [5.41, 5.74) is 1.51. The van der Waals surface area contributed by atoms with Gasteiger partial charge >= 0.3 is 0 Å². The van der Waals surface area contributed by atoms with Crippen LogP contribution in [-0.4, -0.2) is 21.1 Å². The summed E-state index contributed by atoms with van der Waals surface area (Å²) in [6, 6.07) is 13.3. The highest BCUT2D eigenvalue weighted by Gasteiger charge is 2.11. The Hall–Kier alpha value is -3.66. The van der Waals surface area contributed by atoms with E-state index in [0.717, 1.165) is 0 Å². The van der Waals surface area contributed by atoms with E-state index in [4.69, 9.17) is 5.26 Å². The van der Waals surface area contributed by atoms with E-state index in [1.807, 2.05) is 12.1 Å². The summed E-state index contributed by atoms with van der Waals surface area (Å²) in [6.07, 6.45) is -0.0679. The minimum absolute atomic E-state index is 0.0679. The van der Waals surface area contributed by atoms with Crippen molar-refractivity contribution in [1.82, 2.24) is 4.98 Å². The first-order valence-electron chi connectivity index (χ1n) is 7.04. The average molecular weight is 320 g/mol. The summed E-state index contributed by atoms with van der Waals surface area (Å²) in [5, 5.41) is 36.3. The van der Waals surface area contributed by atoms with Crippen LogP contribution in [0.1, 0.15) is 11.1 Å². The van der Waals surface area contributed by atoms with Crippen LogP contribution in [0.3, 0.4) is 0 Å². The van der Waals surface area contributed by atoms with Gasteiger partial charge in [-0.05, 0) is 23.8 Å². The lowest BCUT2D eigenvalue weighted by atomic mass is 10.1. The molecule has 3 rings (SSSR count). The second-order valence-electron chi connectivity index (χ2n) is 5.10. The summed E-state index contributed by atoms with van der Waals surface area (Å²) in [4.78, 5) is 14.7. The predicted octanol–water partition coefficient (Wildman–Crippen LogP) is 3.30. The molecule has 1 heterocycles. The molecule has 7 heteroatoms. The zero-order valence-electron chi connectivity index (χ0n) is 12.4. The quantitative estimate of drug-likeness (QED) is 0.641. The van der Waals surface area contributed by atoms with Gasteiger partial charge in [-0.3, -0.25) is 4.79 Å². The van der Waals surface area contributed by atoms with Crippen LogP contribution in [0, 0.1) is 11.3 Å². The molecule has 0 saturated carbocycles. The first kappa shape index (κ1) is 15.2. The summed E-state index contributed by atoms with van der Waals surface area (Å²) in [6.45, 7) is 0. The Kier molecular flexibility index (Phi) is 3.95. The highest BCUT2D eigenvalue weighted by Crippen LogP contribution is 2.35. The standard InChI is InChI=1S/C17H12N4O3/c18-9-11-7-10(5-6-14(11)22)8-15(23)20-21-16-12-3-1-2-4-13(12)19-17(16)24/h1-7,19,22,24H,8H2. The number of hydrogen-bond acceptors (Lipinski definition) is 5. The Balaban J connectivity index is 1.80. The summed E-state index contributed by atoms with van der Waals surface area (Å²) >= 11 is 0. The minimum atomic E-state index is -0.533. The number of aromatic hydroxyl groups is 2. The number of phenols is 1. The predicted molar refractivity (Wildman–Crippen MR) is 86.0 cm³/mol. The SMILES string of the molecule is N#Cc1cc(CC(=O)N=Nc2c(O)[nH]c3ccccc23)ccc1O. The molecular formula is C17H12N4O3. The Morgan fingerprint density at radius 1 is 1.21 bits per heavy atom. The third-order valence-corrected chi connectivity index (χ3v) is 3.46. The number of nitrogens with one attached hydrogen (secondary N) is 1. The van der Waals surface area contributed by atoms with E-state index in [1.54, 1.807) is 18.2 Å². The zero-order chi connectivity index (χ0) is 17.1. The molecule has 118 valence electrons. The molecule has 3 N–H and O–H groups in total. The number of hydrogen-bond donors (Lipinski definition) is 3. The van der Waals surface area contributed by atoms with Crippen molar-refractivity contribution >= 4 is 22.5 Å². The van der Waals surface area contributed by atoms with Crippen LogP contribution in [0.5, 0.6) is 11.6 Å². The monoisotopic (exact) mass is 320 g/mol. The first-order chi connectivity index (χ1) is 11.6. The van der Waals surface area contributed by atoms with Crippen molar-refractivity contribution in [3.05, 3.63) is 53.6 Å². The molecule has 0 unspecified atom stereocenters. The van der Waals surface area contributed by atoms with E-state index in [1.165, 1.54) is 18.2 Å². The van der Waals surface area contributed by atoms with Gasteiger partial charge in [0.2, 0.25) is 5.88 Å². The first-order valence-corrected chi connectivity index (χ1v) is 7.04. The van der Waals surface area contributed by atoms with Crippen LogP contribution in [0.25, 0.3) is 10.9 Å². The summed E-state index contributed by atoms with van der Waals surface area (Å²) in [5.74, 6) is -0.836. The number of para-hydroxylation sites is 1. The lowest BCUT2D eigenvalue weighted by molar-refractivity contribution is -0.117. The molecule has 1 amide bonds. The van der Waals surface area contributed by atoms with Crippen molar-refractivity contribution in [2.75, 3.05) is 0 Å². The van der Waals surface area contributed by atoms with Crippen LogP contribution in [-0.2, 0) is 11.2 Å². The molecule has 1 aromatic heterocycles. The normalized spacial score (nSPS) is 11.0. The highest BCUT2D eigenvalue weighted by molar-refractivity contribution is 5.94. The maximum Gasteiger partial charge on any atom is 0.269 e. The van der Waals surface area contributed by atoms with Crippen molar-refractivity contribution in [3.8, 4) is 17.7 Å². The number of aromatic nitrogens is 1. The molecule has 0 saturated heterocycles. The van der Waals surface area contributed by atoms with E-state index in [-0.39, 0.29) is 29.3 Å². The van der Waals surface area contributed by atoms with Crippen LogP contribution < -0.4 is 0 Å². The van der Waals surface area contributed by atoms with Gasteiger partial charge in [-0.2, -0.15) is 5.26 Å². The molecule has 24 heavy (non-hydrogen) atoms. The lowest BCUT2D eigenvalue weighted by Gasteiger charge is -2.00. The van der Waals surface area contributed by atoms with E-state index in [2.05, 4.69) is 15.2 Å². The number of H-pyrrole nitrogens is 1. The van der Waals surface area contributed by atoms with Crippen molar-refractivity contribution in [2.45, 2.75) is 6.42 Å². The van der Waals surface area contributed by atoms with Gasteiger partial charge in [0.05, 0.1) is 17.5 Å². The number of aromatic amines is 1. The van der Waals surface area contributed by atoms with Crippen molar-refractivity contribution in [1.29, 1.82) is 5.26 Å². The van der Waals surface area contributed by atoms with Gasteiger partial charge in [-0.15, -0.1) is 10.2 Å². The molecule has 0 aliphatic heterocycles. The molecule has 0 radical (unpaired) electrons. The Bertz CT molecular complexity index is 999. The maximum atomic E-state index is 11.9. The maximum absolute atomic E-state index is 11.9. The number of azo groups is 1. The van der Waals surface area contributed by atoms with Crippen molar-refractivity contribution in [2.24, 2.45) is 10.2 Å². The Morgan fingerprint density at radius 3 is 2.79 bits per heavy atom. The molecular weight excluding hydrogens is 308 g/mol. The number of nitriles is 1. The fourth-order valence-corrected chi connectivity index (χ4v) is 2.31. The second-order valence-corrected chi connectivity index (χ2v) is 5.10. The molecule has 7 nitrogen and oxygen atoms in total. The number of phenolic OH excluding ortho intramolecular Hbond substituents is 1. The lowest BCUT2D eigenvalue weighted by Crippen LogP contribution is -1.98. The van der Waals surface area contributed by atoms with Crippen LogP contribution in [0.15, 0.2) is 52.7 Å². The second kappa shape index (κ2) is 6.22. The van der Waals surface area contributed by atoms with Gasteiger partial charge < -0.3 is 15.2 Å². The van der Waals surface area contributed by atoms with Crippen molar-refractivity contribution in [3.63, 3.8) is 0 Å². The number of fused-ring (bicyclic) bond motifs is 1. The van der Waals surface area contributed by atoms with Crippen LogP contribution in [0.2, 0.25) is 0 Å². The number of nitrogens with zero attached hydrogens (tertiary/aromatic N) is 3. The fourth-order valence-electron chi connectivity index (χ4n) is 2.31. The Labute approximate surface area is 136 Å². The minimum Gasteiger partial charge on any atom is -0.507 e. The van der Waals surface area contributed by atoms with Crippen molar-refractivity contribution < 1.29 is 15.0 Å². The Morgan fingerprint density at radius 2 is 2.00 bits per heavy atom. The van der Waals surface area contributed by atoms with E-state index < -0.39 is 5.91 Å². The topological polar surface area (TPSA) is 122 Å². The molecule has 0 atom stereocenters. The molecule has 0 bridgehead atoms. The average Bonchev–Trinajstić information content (AvgIpc) is 2.90.